The summed E-state index contributed by atoms with van der Waals surface area (Å²) in [6, 6.07) is 1.71. The van der Waals surface area contributed by atoms with Crippen molar-refractivity contribution in [3.63, 3.8) is 0 Å². The van der Waals surface area contributed by atoms with Gasteiger partial charge in [-0.1, -0.05) is 6.42 Å². The summed E-state index contributed by atoms with van der Waals surface area (Å²) in [7, 11) is 0. The summed E-state index contributed by atoms with van der Waals surface area (Å²) < 4.78 is 1.71. The second-order valence-electron chi connectivity index (χ2n) is 3.62. The number of nitrogens with zero attached hydrogens (tertiary/aromatic N) is 2. The van der Waals surface area contributed by atoms with Crippen molar-refractivity contribution in [2.75, 3.05) is 0 Å². The van der Waals surface area contributed by atoms with Gasteiger partial charge < -0.3 is 5.11 Å². The molecule has 1 N–H and O–H groups in total. The highest BCUT2D eigenvalue weighted by atomic mass is 16.3. The minimum absolute atomic E-state index is 0.305. The van der Waals surface area contributed by atoms with Gasteiger partial charge >= 0.3 is 0 Å². The van der Waals surface area contributed by atoms with Crippen LogP contribution >= 0.6 is 0 Å². The zero-order valence-corrected chi connectivity index (χ0v) is 7.32. The summed E-state index contributed by atoms with van der Waals surface area (Å²) >= 11 is 0. The Morgan fingerprint density at radius 2 is 2.42 bits per heavy atom. The van der Waals surface area contributed by atoms with Crippen LogP contribution in [0.2, 0.25) is 0 Å². The third-order valence-electron chi connectivity index (χ3n) is 2.54. The molecule has 1 aliphatic rings. The van der Waals surface area contributed by atoms with Crippen LogP contribution < -0.4 is 0 Å². The molecule has 0 aliphatic heterocycles. The molecule has 0 radical (unpaired) electrons. The van der Waals surface area contributed by atoms with E-state index in [1.54, 1.807) is 10.7 Å². The standard InChI is InChI=1S/C9H14N2O/c1-7-5-9(12)11(10-7)6-8-3-2-4-8/h5,8,12H,2-4,6H2,1H3. The molecule has 1 saturated carbocycles. The summed E-state index contributed by atoms with van der Waals surface area (Å²) in [5, 5.41) is 13.6. The first-order valence-corrected chi connectivity index (χ1v) is 4.49. The number of aromatic nitrogens is 2. The van der Waals surface area contributed by atoms with Crippen LogP contribution in [-0.2, 0) is 6.54 Å². The van der Waals surface area contributed by atoms with Crippen molar-refractivity contribution in [2.45, 2.75) is 32.7 Å². The molecule has 3 heteroatoms. The summed E-state index contributed by atoms with van der Waals surface area (Å²) in [4.78, 5) is 0. The van der Waals surface area contributed by atoms with Crippen LogP contribution in [0.15, 0.2) is 6.07 Å². The first-order valence-electron chi connectivity index (χ1n) is 4.49. The molecule has 1 aromatic heterocycles. The van der Waals surface area contributed by atoms with Crippen LogP contribution in [0, 0.1) is 12.8 Å². The van der Waals surface area contributed by atoms with Crippen LogP contribution in [0.3, 0.4) is 0 Å². The van der Waals surface area contributed by atoms with E-state index < -0.39 is 0 Å². The highest BCUT2D eigenvalue weighted by Gasteiger charge is 2.19. The van der Waals surface area contributed by atoms with E-state index in [4.69, 9.17) is 0 Å². The molecular formula is C9H14N2O. The molecule has 0 atom stereocenters. The van der Waals surface area contributed by atoms with Gasteiger partial charge in [-0.2, -0.15) is 5.10 Å². The van der Waals surface area contributed by atoms with Gasteiger partial charge in [0.2, 0.25) is 5.88 Å². The van der Waals surface area contributed by atoms with Crippen LogP contribution in [0.1, 0.15) is 25.0 Å². The highest BCUT2D eigenvalue weighted by molar-refractivity contribution is 5.12. The molecule has 12 heavy (non-hydrogen) atoms. The number of hydrogen-bond donors (Lipinski definition) is 1. The van der Waals surface area contributed by atoms with Crippen LogP contribution in [-0.4, -0.2) is 14.9 Å². The lowest BCUT2D eigenvalue weighted by Crippen LogP contribution is -2.18. The molecule has 1 aromatic rings. The molecule has 1 aliphatic carbocycles. The maximum atomic E-state index is 9.40. The van der Waals surface area contributed by atoms with Crippen molar-refractivity contribution in [1.82, 2.24) is 9.78 Å². The van der Waals surface area contributed by atoms with Crippen molar-refractivity contribution < 1.29 is 5.11 Å². The second-order valence-corrected chi connectivity index (χ2v) is 3.62. The smallest absolute Gasteiger partial charge is 0.209 e. The topological polar surface area (TPSA) is 38.0 Å². The van der Waals surface area contributed by atoms with E-state index in [1.165, 1.54) is 19.3 Å². The van der Waals surface area contributed by atoms with Crippen molar-refractivity contribution in [3.05, 3.63) is 11.8 Å². The van der Waals surface area contributed by atoms with Gasteiger partial charge in [0.05, 0.1) is 5.69 Å². The van der Waals surface area contributed by atoms with Crippen LogP contribution in [0.4, 0.5) is 0 Å². The zero-order chi connectivity index (χ0) is 8.55. The van der Waals surface area contributed by atoms with Gasteiger partial charge in [-0.05, 0) is 25.7 Å². The molecule has 0 amide bonds. The predicted molar refractivity (Wildman–Crippen MR) is 46.0 cm³/mol. The van der Waals surface area contributed by atoms with E-state index in [0.29, 0.717) is 5.88 Å². The highest BCUT2D eigenvalue weighted by Crippen LogP contribution is 2.28. The number of aromatic hydroxyl groups is 1. The normalized spacial score (nSPS) is 17.8. The molecule has 66 valence electrons. The first kappa shape index (κ1) is 7.65. The van der Waals surface area contributed by atoms with E-state index in [-0.39, 0.29) is 0 Å². The monoisotopic (exact) mass is 166 g/mol. The Hall–Kier alpha value is -0.990. The van der Waals surface area contributed by atoms with Crippen molar-refractivity contribution in [1.29, 1.82) is 0 Å². The summed E-state index contributed by atoms with van der Waals surface area (Å²) in [6.45, 7) is 2.79. The molecule has 3 nitrogen and oxygen atoms in total. The quantitative estimate of drug-likeness (QED) is 0.726. The van der Waals surface area contributed by atoms with E-state index in [9.17, 15) is 5.11 Å². The van der Waals surface area contributed by atoms with Crippen molar-refractivity contribution in [3.8, 4) is 5.88 Å². The van der Waals surface area contributed by atoms with Gasteiger partial charge in [-0.25, -0.2) is 4.68 Å². The predicted octanol–water partition coefficient (Wildman–Crippen LogP) is 1.70. The fourth-order valence-electron chi connectivity index (χ4n) is 1.59. The van der Waals surface area contributed by atoms with Gasteiger partial charge in [0.25, 0.3) is 0 Å². The summed E-state index contributed by atoms with van der Waals surface area (Å²) in [6.07, 6.45) is 3.92. The molecule has 0 unspecified atom stereocenters. The van der Waals surface area contributed by atoms with E-state index in [0.717, 1.165) is 18.2 Å². The van der Waals surface area contributed by atoms with Crippen LogP contribution in [0.25, 0.3) is 0 Å². The minimum Gasteiger partial charge on any atom is -0.493 e. The number of hydrogen-bond acceptors (Lipinski definition) is 2. The zero-order valence-electron chi connectivity index (χ0n) is 7.32. The Bertz CT molecular complexity index is 276. The van der Waals surface area contributed by atoms with Gasteiger partial charge in [0, 0.05) is 12.6 Å². The summed E-state index contributed by atoms with van der Waals surface area (Å²) in [5.41, 5.74) is 0.895. The Morgan fingerprint density at radius 1 is 1.67 bits per heavy atom. The number of aryl methyl sites for hydroxylation is 1. The summed E-state index contributed by atoms with van der Waals surface area (Å²) in [5.74, 6) is 1.05. The maximum absolute atomic E-state index is 9.40. The molecule has 0 saturated heterocycles. The Balaban J connectivity index is 2.05. The van der Waals surface area contributed by atoms with E-state index in [1.807, 2.05) is 6.92 Å². The average Bonchev–Trinajstić information content (AvgIpc) is 2.21. The molecule has 2 rings (SSSR count). The third kappa shape index (κ3) is 1.31. The molecule has 0 aromatic carbocycles. The Labute approximate surface area is 72.0 Å². The largest absolute Gasteiger partial charge is 0.493 e. The SMILES string of the molecule is Cc1cc(O)n(CC2CCC2)n1. The lowest BCUT2D eigenvalue weighted by molar-refractivity contribution is 0.251. The van der Waals surface area contributed by atoms with E-state index in [2.05, 4.69) is 5.10 Å². The molecule has 1 heterocycles. The fourth-order valence-corrected chi connectivity index (χ4v) is 1.59. The van der Waals surface area contributed by atoms with Gasteiger partial charge in [-0.3, -0.25) is 0 Å². The molecule has 0 bridgehead atoms. The molecular weight excluding hydrogens is 152 g/mol. The van der Waals surface area contributed by atoms with E-state index >= 15 is 0 Å². The third-order valence-corrected chi connectivity index (χ3v) is 2.54. The van der Waals surface area contributed by atoms with Gasteiger partial charge in [-0.15, -0.1) is 0 Å². The average molecular weight is 166 g/mol. The maximum Gasteiger partial charge on any atom is 0.209 e. The second kappa shape index (κ2) is 2.81. The van der Waals surface area contributed by atoms with Crippen LogP contribution in [0.5, 0.6) is 5.88 Å². The lowest BCUT2D eigenvalue weighted by Gasteiger charge is -2.25. The number of rotatable bonds is 2. The molecule has 0 spiro atoms. The lowest BCUT2D eigenvalue weighted by atomic mass is 9.85. The van der Waals surface area contributed by atoms with Crippen molar-refractivity contribution >= 4 is 0 Å². The fraction of sp³-hybridized carbons (Fsp3) is 0.667. The minimum atomic E-state index is 0.305. The van der Waals surface area contributed by atoms with Gasteiger partial charge in [0.15, 0.2) is 0 Å². The Kier molecular flexibility index (Phi) is 1.79. The van der Waals surface area contributed by atoms with Crippen molar-refractivity contribution in [2.24, 2.45) is 5.92 Å². The van der Waals surface area contributed by atoms with Gasteiger partial charge in [0.1, 0.15) is 0 Å². The Morgan fingerprint density at radius 3 is 2.83 bits per heavy atom. The molecule has 1 fully saturated rings. The first-order chi connectivity index (χ1) is 5.75.